The van der Waals surface area contributed by atoms with Crippen LogP contribution in [0.3, 0.4) is 0 Å². The largest absolute Gasteiger partial charge is 0.505 e. The Labute approximate surface area is 277 Å². The molecule has 0 fully saturated rings. The summed E-state index contributed by atoms with van der Waals surface area (Å²) in [5.74, 6) is -1.81. The lowest BCUT2D eigenvalue weighted by Crippen LogP contribution is -2.06. The van der Waals surface area contributed by atoms with E-state index < -0.39 is 111 Å². The second-order valence-electron chi connectivity index (χ2n) is 9.94. The molecule has 0 atom stereocenters. The maximum absolute atomic E-state index is 12.4. The lowest BCUT2D eigenvalue weighted by Gasteiger charge is -2.14. The van der Waals surface area contributed by atoms with Crippen LogP contribution in [0.25, 0.3) is 10.8 Å². The minimum atomic E-state index is -5.33. The summed E-state index contributed by atoms with van der Waals surface area (Å²) in [5, 5.41) is 26.7. The molecule has 49 heavy (non-hydrogen) atoms. The van der Waals surface area contributed by atoms with Gasteiger partial charge in [0, 0.05) is 12.6 Å². The first kappa shape index (κ1) is 36.9. The van der Waals surface area contributed by atoms with Gasteiger partial charge in [0.05, 0.1) is 11.1 Å². The van der Waals surface area contributed by atoms with Crippen LogP contribution in [0.2, 0.25) is 0 Å². The van der Waals surface area contributed by atoms with Gasteiger partial charge in [-0.25, -0.2) is 0 Å². The molecule has 4 aromatic carbocycles. The van der Waals surface area contributed by atoms with E-state index in [0.29, 0.717) is 17.7 Å². The van der Waals surface area contributed by atoms with Gasteiger partial charge in [-0.1, -0.05) is 6.07 Å². The number of rotatable bonds is 9. The lowest BCUT2D eigenvalue weighted by atomic mass is 10.1. The molecule has 20 nitrogen and oxygen atoms in total. The smallest absolute Gasteiger partial charge is 0.296 e. The monoisotopic (exact) mass is 758 g/mol. The predicted octanol–water partition coefficient (Wildman–Crippen LogP) is 4.21. The number of anilines is 2. The van der Waals surface area contributed by atoms with Crippen LogP contribution in [0.1, 0.15) is 12.5 Å². The summed E-state index contributed by atoms with van der Waals surface area (Å²) in [5.41, 5.74) is 2.37. The number of nitrogens with two attached hydrogens (primary N) is 1. The summed E-state index contributed by atoms with van der Waals surface area (Å²) in [4.78, 5) is 7.47. The van der Waals surface area contributed by atoms with E-state index in [0.717, 1.165) is 37.3 Å². The van der Waals surface area contributed by atoms with E-state index in [4.69, 9.17) is 5.73 Å². The Balaban J connectivity index is 2.08. The normalized spacial score (nSPS) is 13.0. The predicted molar refractivity (Wildman–Crippen MR) is 170 cm³/mol. The molecule has 8 N–H and O–H groups in total. The van der Waals surface area contributed by atoms with Crippen LogP contribution in [0.15, 0.2) is 88.6 Å². The van der Waals surface area contributed by atoms with Crippen LogP contribution in [0.5, 0.6) is 5.75 Å². The topological polar surface area (TPSA) is 342 Å². The van der Waals surface area contributed by atoms with E-state index in [1.54, 1.807) is 0 Å². The van der Waals surface area contributed by atoms with Crippen molar-refractivity contribution in [2.45, 2.75) is 33.4 Å². The van der Waals surface area contributed by atoms with Gasteiger partial charge in [-0.15, -0.1) is 20.5 Å². The van der Waals surface area contributed by atoms with E-state index in [1.807, 2.05) is 0 Å². The van der Waals surface area contributed by atoms with Crippen molar-refractivity contribution in [2.75, 3.05) is 11.1 Å². The number of nitrogens with zero attached hydrogens (tertiary/aromatic N) is 4. The van der Waals surface area contributed by atoms with Crippen molar-refractivity contribution in [1.29, 1.82) is 0 Å². The summed E-state index contributed by atoms with van der Waals surface area (Å²) in [6.45, 7) is 2.62. The highest BCUT2D eigenvalue weighted by atomic mass is 32.2. The molecule has 4 aromatic rings. The summed E-state index contributed by atoms with van der Waals surface area (Å²) in [7, 11) is -20.6. The average Bonchev–Trinajstić information content (AvgIpc) is 2.93. The molecular formula is C25H22N6O14S4. The van der Waals surface area contributed by atoms with Crippen LogP contribution in [-0.2, 0) is 45.3 Å². The average molecular weight is 759 g/mol. The van der Waals surface area contributed by atoms with Crippen LogP contribution in [0, 0.1) is 6.92 Å². The third kappa shape index (κ3) is 8.03. The number of aromatic hydroxyl groups is 1. The van der Waals surface area contributed by atoms with Crippen molar-refractivity contribution >= 4 is 91.3 Å². The van der Waals surface area contributed by atoms with Gasteiger partial charge in [0.1, 0.15) is 42.3 Å². The van der Waals surface area contributed by atoms with E-state index in [9.17, 15) is 61.8 Å². The second-order valence-corrected chi connectivity index (χ2v) is 15.5. The number of carbonyl (C=O) groups excluding carboxylic acids is 1. The van der Waals surface area contributed by atoms with Crippen molar-refractivity contribution in [3.63, 3.8) is 0 Å². The number of hydrogen-bond acceptors (Lipinski definition) is 15. The number of nitrogen functional groups attached to an aromatic ring is 1. The first-order valence-corrected chi connectivity index (χ1v) is 18.5. The first-order valence-electron chi connectivity index (χ1n) is 12.8. The van der Waals surface area contributed by atoms with Gasteiger partial charge in [0.2, 0.25) is 5.91 Å². The number of phenols is 1. The van der Waals surface area contributed by atoms with Gasteiger partial charge in [-0.05, 0) is 60.3 Å². The fourth-order valence-corrected chi connectivity index (χ4v) is 6.87. The Morgan fingerprint density at radius 1 is 0.653 bits per heavy atom. The second kappa shape index (κ2) is 12.8. The zero-order chi connectivity index (χ0) is 36.9. The van der Waals surface area contributed by atoms with Crippen molar-refractivity contribution in [3.05, 3.63) is 54.1 Å². The molecule has 0 bridgehead atoms. The van der Waals surface area contributed by atoms with E-state index in [2.05, 4.69) is 25.8 Å². The molecule has 0 heterocycles. The molecule has 1 amide bonds. The van der Waals surface area contributed by atoms with E-state index >= 15 is 0 Å². The Morgan fingerprint density at radius 2 is 1.10 bits per heavy atom. The molecule has 260 valence electrons. The zero-order valence-electron chi connectivity index (χ0n) is 24.5. The lowest BCUT2D eigenvalue weighted by molar-refractivity contribution is -0.114. The van der Waals surface area contributed by atoms with Gasteiger partial charge in [0.25, 0.3) is 40.5 Å². The Hall–Kier alpha value is -4.95. The molecule has 4 rings (SSSR count). The van der Waals surface area contributed by atoms with Crippen LogP contribution < -0.4 is 11.1 Å². The molecule has 24 heteroatoms. The molecule has 0 radical (unpaired) electrons. The molecular weight excluding hydrogens is 737 g/mol. The minimum Gasteiger partial charge on any atom is -0.505 e. The van der Waals surface area contributed by atoms with Crippen molar-refractivity contribution in [2.24, 2.45) is 20.5 Å². The van der Waals surface area contributed by atoms with Gasteiger partial charge in [-0.3, -0.25) is 23.0 Å². The van der Waals surface area contributed by atoms with Crippen molar-refractivity contribution in [1.82, 2.24) is 0 Å². The summed E-state index contributed by atoms with van der Waals surface area (Å²) in [6.07, 6.45) is 0. The molecule has 0 spiro atoms. The summed E-state index contributed by atoms with van der Waals surface area (Å²) in [6, 6.07) is 7.30. The molecule has 0 unspecified atom stereocenters. The number of nitrogens with one attached hydrogen (secondary N) is 1. The van der Waals surface area contributed by atoms with Gasteiger partial charge in [0.15, 0.2) is 5.75 Å². The maximum Gasteiger partial charge on any atom is 0.296 e. The third-order valence-corrected chi connectivity index (χ3v) is 9.87. The highest BCUT2D eigenvalue weighted by molar-refractivity contribution is 7.86. The van der Waals surface area contributed by atoms with E-state index in [-0.39, 0.29) is 5.69 Å². The highest BCUT2D eigenvalue weighted by Gasteiger charge is 2.28. The number of amides is 1. The van der Waals surface area contributed by atoms with Crippen molar-refractivity contribution in [3.8, 4) is 5.75 Å². The highest BCUT2D eigenvalue weighted by Crippen LogP contribution is 2.48. The Kier molecular flexibility index (Phi) is 9.65. The SMILES string of the molecule is CC(=O)Nc1ccc(S(=O)(=O)O)c(N=Nc2c(S(=O)(=O)O)cc3cc(S(=O)(=O)O)c(N=Nc4cc(C)ccc4S(=O)(=O)O)c(O)c3c2N)c1. The van der Waals surface area contributed by atoms with Crippen LogP contribution >= 0.6 is 0 Å². The summed E-state index contributed by atoms with van der Waals surface area (Å²) < 4.78 is 136. The standard InChI is InChI=1S/C25H22N6O14S4/c1-11-3-5-17(46(34,35)36)15(7-11)28-31-24-20(49(43,44)45)9-13-8-19(48(40,41)42)23(22(26)21(13)25(24)33)30-29-16-10-14(27-12(2)32)4-6-18(16)47(37,38)39/h3-10,33H,26H2,1-2H3,(H,27,32)(H,34,35,36)(H,37,38,39)(H,40,41,42)(H,43,44,45). The zero-order valence-corrected chi connectivity index (χ0v) is 27.8. The number of carbonyl (C=O) groups is 1. The fraction of sp³-hybridized carbons (Fsp3) is 0.0800. The van der Waals surface area contributed by atoms with Crippen LogP contribution in [-0.4, -0.2) is 62.9 Å². The molecule has 0 aliphatic heterocycles. The number of benzene rings is 4. The number of azo groups is 2. The van der Waals surface area contributed by atoms with Gasteiger partial charge >= 0.3 is 0 Å². The minimum absolute atomic E-state index is 0.0495. The van der Waals surface area contributed by atoms with Crippen molar-refractivity contribution < 1.29 is 61.8 Å². The van der Waals surface area contributed by atoms with E-state index in [1.165, 1.54) is 13.0 Å². The molecule has 0 aliphatic rings. The maximum atomic E-state index is 12.4. The quantitative estimate of drug-likeness (QED) is 0.0714. The number of aryl methyl sites for hydroxylation is 1. The number of hydrogen-bond donors (Lipinski definition) is 7. The molecule has 0 saturated heterocycles. The molecule has 0 aromatic heterocycles. The molecule has 0 saturated carbocycles. The Morgan fingerprint density at radius 3 is 1.59 bits per heavy atom. The third-order valence-electron chi connectivity index (χ3n) is 6.34. The number of phenolic OH excluding ortho intramolecular Hbond substituents is 1. The van der Waals surface area contributed by atoms with Gasteiger partial charge in [-0.2, -0.15) is 33.7 Å². The number of fused-ring (bicyclic) bond motifs is 1. The first-order chi connectivity index (χ1) is 22.4. The summed E-state index contributed by atoms with van der Waals surface area (Å²) >= 11 is 0. The molecule has 0 aliphatic carbocycles. The van der Waals surface area contributed by atoms with Gasteiger partial charge < -0.3 is 16.2 Å². The van der Waals surface area contributed by atoms with Crippen LogP contribution in [0.4, 0.5) is 34.1 Å². The fourth-order valence-electron chi connectivity index (χ4n) is 4.33. The Bertz CT molecular complexity index is 2590.